The van der Waals surface area contributed by atoms with Gasteiger partial charge in [-0.1, -0.05) is 42.5 Å². The zero-order valence-corrected chi connectivity index (χ0v) is 15.4. The molecule has 1 unspecified atom stereocenters. The van der Waals surface area contributed by atoms with E-state index in [0.29, 0.717) is 16.8 Å². The molecule has 1 atom stereocenters. The largest absolute Gasteiger partial charge is 0.478 e. The van der Waals surface area contributed by atoms with Crippen LogP contribution in [-0.2, 0) is 9.53 Å². The van der Waals surface area contributed by atoms with Crippen molar-refractivity contribution in [1.82, 2.24) is 10.6 Å². The number of carbonyl (C=O) groups is 3. The zero-order valence-electron chi connectivity index (χ0n) is 15.4. The van der Waals surface area contributed by atoms with Crippen molar-refractivity contribution in [3.63, 3.8) is 0 Å². The number of hydrogen-bond acceptors (Lipinski definition) is 4. The number of urea groups is 1. The lowest BCUT2D eigenvalue weighted by Crippen LogP contribution is -2.45. The number of benzene rings is 2. The van der Waals surface area contributed by atoms with Crippen molar-refractivity contribution in [3.8, 4) is 0 Å². The van der Waals surface area contributed by atoms with Crippen LogP contribution in [0.25, 0.3) is 5.70 Å². The molecule has 7 heteroatoms. The summed E-state index contributed by atoms with van der Waals surface area (Å²) in [6.45, 7) is 3.48. The van der Waals surface area contributed by atoms with Gasteiger partial charge in [0.25, 0.3) is 0 Å². The maximum Gasteiger partial charge on any atom is 0.338 e. The molecule has 3 N–H and O–H groups in total. The van der Waals surface area contributed by atoms with E-state index in [4.69, 9.17) is 9.84 Å². The highest BCUT2D eigenvalue weighted by atomic mass is 16.5. The second kappa shape index (κ2) is 7.96. The normalized spacial score (nSPS) is 16.4. The fourth-order valence-corrected chi connectivity index (χ4v) is 2.96. The molecule has 3 rings (SSSR count). The first-order valence-electron chi connectivity index (χ1n) is 8.78. The first kappa shape index (κ1) is 19.2. The van der Waals surface area contributed by atoms with E-state index in [2.05, 4.69) is 10.6 Å². The average Bonchev–Trinajstić information content (AvgIpc) is 2.67. The summed E-state index contributed by atoms with van der Waals surface area (Å²) in [6, 6.07) is 13.8. The highest BCUT2D eigenvalue weighted by Gasteiger charge is 2.34. The summed E-state index contributed by atoms with van der Waals surface area (Å²) in [5.41, 5.74) is 1.97. The van der Waals surface area contributed by atoms with Gasteiger partial charge >= 0.3 is 18.0 Å². The Labute approximate surface area is 162 Å². The number of ether oxygens (including phenoxy) is 1. The molecular formula is C21H20N2O5. The van der Waals surface area contributed by atoms with Crippen molar-refractivity contribution in [2.75, 3.05) is 0 Å². The number of carboxylic acids is 1. The zero-order chi connectivity index (χ0) is 20.3. The second-order valence-electron chi connectivity index (χ2n) is 6.57. The van der Waals surface area contributed by atoms with Crippen molar-refractivity contribution in [2.24, 2.45) is 0 Å². The number of nitrogens with one attached hydrogen (secondary N) is 2. The van der Waals surface area contributed by atoms with Crippen molar-refractivity contribution >= 4 is 23.7 Å². The van der Waals surface area contributed by atoms with E-state index >= 15 is 0 Å². The molecule has 0 aromatic heterocycles. The molecule has 1 aliphatic rings. The number of hydrogen-bond donors (Lipinski definition) is 3. The van der Waals surface area contributed by atoms with E-state index in [9.17, 15) is 14.4 Å². The van der Waals surface area contributed by atoms with Crippen LogP contribution in [0.4, 0.5) is 4.79 Å². The van der Waals surface area contributed by atoms with Gasteiger partial charge in [-0.25, -0.2) is 14.4 Å². The summed E-state index contributed by atoms with van der Waals surface area (Å²) in [4.78, 5) is 36.3. The summed E-state index contributed by atoms with van der Waals surface area (Å²) < 4.78 is 5.41. The Morgan fingerprint density at radius 3 is 2.25 bits per heavy atom. The fraction of sp³-hybridized carbons (Fsp3) is 0.190. The quantitative estimate of drug-likeness (QED) is 0.692. The molecule has 1 aliphatic heterocycles. The van der Waals surface area contributed by atoms with E-state index in [1.54, 1.807) is 50.2 Å². The number of carbonyl (C=O) groups excluding carboxylic acids is 2. The molecule has 1 heterocycles. The minimum absolute atomic E-state index is 0.114. The lowest BCUT2D eigenvalue weighted by atomic mass is 9.92. The number of amides is 2. The predicted molar refractivity (Wildman–Crippen MR) is 102 cm³/mol. The van der Waals surface area contributed by atoms with Crippen molar-refractivity contribution < 1.29 is 24.2 Å². The minimum Gasteiger partial charge on any atom is -0.478 e. The van der Waals surface area contributed by atoms with Gasteiger partial charge < -0.3 is 20.5 Å². The predicted octanol–water partition coefficient (Wildman–Crippen LogP) is 3.10. The molecule has 0 bridgehead atoms. The Balaban J connectivity index is 2.13. The molecule has 0 saturated carbocycles. The lowest BCUT2D eigenvalue weighted by Gasteiger charge is -2.30. The summed E-state index contributed by atoms with van der Waals surface area (Å²) in [5.74, 6) is -1.62. The van der Waals surface area contributed by atoms with E-state index in [-0.39, 0.29) is 17.2 Å². The average molecular weight is 380 g/mol. The first-order valence-corrected chi connectivity index (χ1v) is 8.78. The second-order valence-corrected chi connectivity index (χ2v) is 6.57. The van der Waals surface area contributed by atoms with Gasteiger partial charge in [0.2, 0.25) is 0 Å². The van der Waals surface area contributed by atoms with Gasteiger partial charge in [0, 0.05) is 0 Å². The van der Waals surface area contributed by atoms with E-state index in [0.717, 1.165) is 0 Å². The minimum atomic E-state index is -1.05. The molecular weight excluding hydrogens is 360 g/mol. The summed E-state index contributed by atoms with van der Waals surface area (Å²) in [6.07, 6.45) is -0.343. The maximum absolute atomic E-state index is 12.9. The summed E-state index contributed by atoms with van der Waals surface area (Å²) in [5, 5.41) is 14.5. The van der Waals surface area contributed by atoms with Gasteiger partial charge in [0.1, 0.15) is 0 Å². The Kier molecular flexibility index (Phi) is 5.44. The molecule has 2 amide bonds. The molecule has 28 heavy (non-hydrogen) atoms. The van der Waals surface area contributed by atoms with E-state index in [1.807, 2.05) is 6.07 Å². The van der Waals surface area contributed by atoms with Crippen LogP contribution in [0.3, 0.4) is 0 Å². The maximum atomic E-state index is 12.9. The van der Waals surface area contributed by atoms with Crippen LogP contribution >= 0.6 is 0 Å². The summed E-state index contributed by atoms with van der Waals surface area (Å²) in [7, 11) is 0. The molecule has 0 saturated heterocycles. The fourth-order valence-electron chi connectivity index (χ4n) is 2.96. The number of carboxylic acid groups (broad SMARTS) is 1. The Morgan fingerprint density at radius 2 is 1.68 bits per heavy atom. The monoisotopic (exact) mass is 380 g/mol. The van der Waals surface area contributed by atoms with Crippen LogP contribution < -0.4 is 10.6 Å². The van der Waals surface area contributed by atoms with Crippen LogP contribution in [0.15, 0.2) is 60.2 Å². The first-order chi connectivity index (χ1) is 13.4. The van der Waals surface area contributed by atoms with Crippen molar-refractivity contribution in [1.29, 1.82) is 0 Å². The Bertz CT molecular complexity index is 933. The van der Waals surface area contributed by atoms with Gasteiger partial charge in [-0.15, -0.1) is 0 Å². The van der Waals surface area contributed by atoms with Crippen LogP contribution in [0.2, 0.25) is 0 Å². The molecule has 2 aromatic rings. The molecule has 144 valence electrons. The van der Waals surface area contributed by atoms with Crippen molar-refractivity contribution in [2.45, 2.75) is 26.0 Å². The summed E-state index contributed by atoms with van der Waals surface area (Å²) >= 11 is 0. The van der Waals surface area contributed by atoms with Crippen LogP contribution in [0.1, 0.15) is 41.4 Å². The molecule has 7 nitrogen and oxygen atoms in total. The Morgan fingerprint density at radius 1 is 1.04 bits per heavy atom. The highest BCUT2D eigenvalue weighted by molar-refractivity contribution is 6.04. The topological polar surface area (TPSA) is 105 Å². The smallest absolute Gasteiger partial charge is 0.338 e. The SMILES string of the molecule is CC(C)OC(=O)C1=C(c2ccccc2)NC(=O)NC1c1ccc(C(=O)O)cc1. The Hall–Kier alpha value is -3.61. The molecule has 2 aromatic carbocycles. The lowest BCUT2D eigenvalue weighted by molar-refractivity contribution is -0.143. The molecule has 0 fully saturated rings. The van der Waals surface area contributed by atoms with Crippen LogP contribution in [-0.4, -0.2) is 29.2 Å². The molecule has 0 radical (unpaired) electrons. The number of esters is 1. The number of rotatable bonds is 5. The standard InChI is InChI=1S/C21H20N2O5/c1-12(2)28-20(26)16-17(13-6-4-3-5-7-13)22-21(27)23-18(16)14-8-10-15(11-9-14)19(24)25/h3-12,18H,1-2H3,(H,24,25)(H2,22,23,27). The highest BCUT2D eigenvalue weighted by Crippen LogP contribution is 2.32. The molecule has 0 aliphatic carbocycles. The van der Waals surface area contributed by atoms with Crippen molar-refractivity contribution in [3.05, 3.63) is 76.9 Å². The van der Waals surface area contributed by atoms with Gasteiger partial charge in [-0.05, 0) is 37.1 Å². The molecule has 0 spiro atoms. The third-order valence-electron chi connectivity index (χ3n) is 4.19. The van der Waals surface area contributed by atoms with Gasteiger partial charge in [-0.3, -0.25) is 0 Å². The van der Waals surface area contributed by atoms with Crippen LogP contribution in [0, 0.1) is 0 Å². The third kappa shape index (κ3) is 4.03. The van der Waals surface area contributed by atoms with Gasteiger partial charge in [0.15, 0.2) is 0 Å². The number of aromatic carboxylic acids is 1. The van der Waals surface area contributed by atoms with Gasteiger partial charge in [0.05, 0.1) is 29.0 Å². The van der Waals surface area contributed by atoms with E-state index in [1.165, 1.54) is 12.1 Å². The van der Waals surface area contributed by atoms with Crippen LogP contribution in [0.5, 0.6) is 0 Å². The van der Waals surface area contributed by atoms with Gasteiger partial charge in [-0.2, -0.15) is 0 Å². The van der Waals surface area contributed by atoms with E-state index < -0.39 is 24.0 Å². The third-order valence-corrected chi connectivity index (χ3v) is 4.19.